The standard InChI is InChI=1S/C17H23NO4/c1-2-3-4-5-6-13-9-12-7-8-15(18-21)14(12)10-16(13)22-11-17(19)20/h9-10,21H,2-8,11H2,1H3,(H,19,20)/b18-15+. The van der Waals surface area contributed by atoms with Crippen LogP contribution in [0.5, 0.6) is 5.75 Å². The molecule has 0 aliphatic heterocycles. The quantitative estimate of drug-likeness (QED) is 0.438. The molecule has 0 atom stereocenters. The minimum Gasteiger partial charge on any atom is -0.482 e. The van der Waals surface area contributed by atoms with E-state index in [0.717, 1.165) is 42.4 Å². The van der Waals surface area contributed by atoms with Gasteiger partial charge in [0.1, 0.15) is 5.75 Å². The van der Waals surface area contributed by atoms with Gasteiger partial charge in [-0.05, 0) is 42.9 Å². The Morgan fingerprint density at radius 2 is 2.09 bits per heavy atom. The number of benzene rings is 1. The Balaban J connectivity index is 2.20. The van der Waals surface area contributed by atoms with Crippen molar-refractivity contribution in [3.8, 4) is 5.75 Å². The van der Waals surface area contributed by atoms with Crippen molar-refractivity contribution in [2.75, 3.05) is 6.61 Å². The fraction of sp³-hybridized carbons (Fsp3) is 0.529. The van der Waals surface area contributed by atoms with E-state index in [0.29, 0.717) is 17.9 Å². The maximum atomic E-state index is 10.7. The van der Waals surface area contributed by atoms with Crippen LogP contribution >= 0.6 is 0 Å². The van der Waals surface area contributed by atoms with Gasteiger partial charge >= 0.3 is 5.97 Å². The first-order valence-electron chi connectivity index (χ1n) is 7.87. The summed E-state index contributed by atoms with van der Waals surface area (Å²) in [5.74, 6) is -0.394. The van der Waals surface area contributed by atoms with Crippen LogP contribution in [0.15, 0.2) is 17.3 Å². The van der Waals surface area contributed by atoms with E-state index >= 15 is 0 Å². The van der Waals surface area contributed by atoms with Crippen molar-refractivity contribution in [3.05, 3.63) is 28.8 Å². The van der Waals surface area contributed by atoms with Crippen molar-refractivity contribution in [1.82, 2.24) is 0 Å². The van der Waals surface area contributed by atoms with Crippen LogP contribution in [0.25, 0.3) is 0 Å². The molecule has 5 heteroatoms. The molecule has 0 heterocycles. The average molecular weight is 305 g/mol. The number of aryl methyl sites for hydroxylation is 2. The largest absolute Gasteiger partial charge is 0.482 e. The lowest BCUT2D eigenvalue weighted by molar-refractivity contribution is -0.139. The van der Waals surface area contributed by atoms with Crippen molar-refractivity contribution in [3.63, 3.8) is 0 Å². The molecule has 1 aliphatic rings. The predicted molar refractivity (Wildman–Crippen MR) is 84.1 cm³/mol. The summed E-state index contributed by atoms with van der Waals surface area (Å²) in [6.07, 6.45) is 7.07. The molecule has 0 amide bonds. The molecule has 2 rings (SSSR count). The van der Waals surface area contributed by atoms with Gasteiger partial charge in [-0.15, -0.1) is 0 Å². The Morgan fingerprint density at radius 1 is 1.27 bits per heavy atom. The number of aliphatic carboxylic acids is 1. The number of fused-ring (bicyclic) bond motifs is 1. The van der Waals surface area contributed by atoms with Crippen LogP contribution in [0, 0.1) is 0 Å². The lowest BCUT2D eigenvalue weighted by atomic mass is 10.00. The number of unbranched alkanes of at least 4 members (excludes halogenated alkanes) is 3. The minimum atomic E-state index is -0.992. The first kappa shape index (κ1) is 16.3. The van der Waals surface area contributed by atoms with Gasteiger partial charge < -0.3 is 15.1 Å². The fourth-order valence-corrected chi connectivity index (χ4v) is 2.85. The van der Waals surface area contributed by atoms with Gasteiger partial charge in [0, 0.05) is 5.56 Å². The van der Waals surface area contributed by atoms with Crippen LogP contribution < -0.4 is 4.74 Å². The van der Waals surface area contributed by atoms with Crippen molar-refractivity contribution in [2.45, 2.75) is 51.9 Å². The number of hydrogen-bond donors (Lipinski definition) is 2. The van der Waals surface area contributed by atoms with Crippen LogP contribution in [0.4, 0.5) is 0 Å². The average Bonchev–Trinajstić information content (AvgIpc) is 2.90. The van der Waals surface area contributed by atoms with Gasteiger partial charge in [-0.3, -0.25) is 0 Å². The Morgan fingerprint density at radius 3 is 2.77 bits per heavy atom. The highest BCUT2D eigenvalue weighted by atomic mass is 16.5. The molecule has 22 heavy (non-hydrogen) atoms. The van der Waals surface area contributed by atoms with Crippen LogP contribution in [-0.4, -0.2) is 28.6 Å². The summed E-state index contributed by atoms with van der Waals surface area (Å²) in [6, 6.07) is 3.91. The third-order valence-electron chi connectivity index (χ3n) is 4.00. The number of rotatable bonds is 8. The second kappa shape index (κ2) is 7.82. The highest BCUT2D eigenvalue weighted by Crippen LogP contribution is 2.31. The van der Waals surface area contributed by atoms with E-state index in [1.54, 1.807) is 0 Å². The normalized spacial score (nSPS) is 15.0. The Labute approximate surface area is 130 Å². The Kier molecular flexibility index (Phi) is 5.81. The second-order valence-corrected chi connectivity index (χ2v) is 5.66. The topological polar surface area (TPSA) is 79.1 Å². The van der Waals surface area contributed by atoms with Crippen molar-refractivity contribution < 1.29 is 19.8 Å². The lowest BCUT2D eigenvalue weighted by Crippen LogP contribution is -2.11. The Bertz CT molecular complexity index is 566. The molecule has 0 saturated heterocycles. The van der Waals surface area contributed by atoms with E-state index in [1.165, 1.54) is 12.8 Å². The van der Waals surface area contributed by atoms with E-state index in [1.807, 2.05) is 6.07 Å². The first-order valence-corrected chi connectivity index (χ1v) is 7.87. The van der Waals surface area contributed by atoms with E-state index in [9.17, 15) is 4.79 Å². The van der Waals surface area contributed by atoms with E-state index < -0.39 is 5.97 Å². The third-order valence-corrected chi connectivity index (χ3v) is 4.00. The molecule has 0 saturated carbocycles. The number of carboxylic acids is 1. The van der Waals surface area contributed by atoms with Crippen molar-refractivity contribution in [1.29, 1.82) is 0 Å². The molecular formula is C17H23NO4. The molecule has 0 spiro atoms. The number of ether oxygens (including phenoxy) is 1. The van der Waals surface area contributed by atoms with Crippen LogP contribution in [0.2, 0.25) is 0 Å². The molecule has 0 radical (unpaired) electrons. The molecule has 1 aromatic carbocycles. The minimum absolute atomic E-state index is 0.355. The summed E-state index contributed by atoms with van der Waals surface area (Å²) < 4.78 is 5.44. The molecule has 0 bridgehead atoms. The molecule has 5 nitrogen and oxygen atoms in total. The van der Waals surface area contributed by atoms with Crippen LogP contribution in [-0.2, 0) is 17.6 Å². The zero-order chi connectivity index (χ0) is 15.9. The molecule has 1 aliphatic carbocycles. The van der Waals surface area contributed by atoms with E-state index in [-0.39, 0.29) is 6.61 Å². The molecule has 0 aromatic heterocycles. The molecule has 120 valence electrons. The van der Waals surface area contributed by atoms with Gasteiger partial charge in [0.25, 0.3) is 0 Å². The van der Waals surface area contributed by atoms with E-state index in [2.05, 4.69) is 18.1 Å². The predicted octanol–water partition coefficient (Wildman–Crippen LogP) is 3.40. The van der Waals surface area contributed by atoms with Gasteiger partial charge in [-0.2, -0.15) is 0 Å². The molecular weight excluding hydrogens is 282 g/mol. The number of hydrogen-bond acceptors (Lipinski definition) is 4. The van der Waals surface area contributed by atoms with Gasteiger partial charge in [-0.25, -0.2) is 4.79 Å². The Hall–Kier alpha value is -2.04. The zero-order valence-electron chi connectivity index (χ0n) is 13.0. The number of oxime groups is 1. The van der Waals surface area contributed by atoms with Gasteiger partial charge in [0.15, 0.2) is 6.61 Å². The molecule has 0 unspecified atom stereocenters. The summed E-state index contributed by atoms with van der Waals surface area (Å²) in [6.45, 7) is 1.82. The highest BCUT2D eigenvalue weighted by molar-refractivity contribution is 6.04. The SMILES string of the molecule is CCCCCCc1cc2c(cc1OCC(=O)O)/C(=N/O)CC2. The maximum absolute atomic E-state index is 10.7. The van der Waals surface area contributed by atoms with Gasteiger partial charge in [0.2, 0.25) is 0 Å². The summed E-state index contributed by atoms with van der Waals surface area (Å²) in [7, 11) is 0. The number of nitrogens with zero attached hydrogens (tertiary/aromatic N) is 1. The molecule has 2 N–H and O–H groups in total. The monoisotopic (exact) mass is 305 g/mol. The second-order valence-electron chi connectivity index (χ2n) is 5.66. The van der Waals surface area contributed by atoms with Crippen LogP contribution in [0.1, 0.15) is 55.7 Å². The zero-order valence-corrected chi connectivity index (χ0v) is 13.0. The summed E-state index contributed by atoms with van der Waals surface area (Å²) >= 11 is 0. The van der Waals surface area contributed by atoms with Crippen molar-refractivity contribution >= 4 is 11.7 Å². The summed E-state index contributed by atoms with van der Waals surface area (Å²) in [5, 5.41) is 21.2. The summed E-state index contributed by atoms with van der Waals surface area (Å²) in [5.41, 5.74) is 3.73. The fourth-order valence-electron chi connectivity index (χ4n) is 2.85. The van der Waals surface area contributed by atoms with Crippen molar-refractivity contribution in [2.24, 2.45) is 5.16 Å². The smallest absolute Gasteiger partial charge is 0.341 e. The number of carboxylic acid groups (broad SMARTS) is 1. The third kappa shape index (κ3) is 4.00. The summed E-state index contributed by atoms with van der Waals surface area (Å²) in [4.78, 5) is 10.7. The molecule has 1 aromatic rings. The van der Waals surface area contributed by atoms with E-state index in [4.69, 9.17) is 15.1 Å². The maximum Gasteiger partial charge on any atom is 0.341 e. The number of carbonyl (C=O) groups is 1. The molecule has 0 fully saturated rings. The van der Waals surface area contributed by atoms with Gasteiger partial charge in [-0.1, -0.05) is 37.4 Å². The van der Waals surface area contributed by atoms with Crippen LogP contribution in [0.3, 0.4) is 0 Å². The first-order chi connectivity index (χ1) is 10.7. The lowest BCUT2D eigenvalue weighted by Gasteiger charge is -2.13. The van der Waals surface area contributed by atoms with Gasteiger partial charge in [0.05, 0.1) is 5.71 Å². The highest BCUT2D eigenvalue weighted by Gasteiger charge is 2.21.